The van der Waals surface area contributed by atoms with E-state index in [1.54, 1.807) is 12.3 Å². The highest BCUT2D eigenvalue weighted by Crippen LogP contribution is 2.24. The van der Waals surface area contributed by atoms with Crippen LogP contribution in [0.1, 0.15) is 39.5 Å². The molecule has 1 saturated carbocycles. The van der Waals surface area contributed by atoms with Gasteiger partial charge in [0.25, 0.3) is 0 Å². The molecule has 19 heavy (non-hydrogen) atoms. The summed E-state index contributed by atoms with van der Waals surface area (Å²) in [4.78, 5) is 8.49. The highest BCUT2D eigenvalue weighted by Gasteiger charge is 2.20. The lowest BCUT2D eigenvalue weighted by atomic mass is 9.87. The number of aliphatic hydroxyl groups excluding tert-OH is 1. The van der Waals surface area contributed by atoms with Crippen LogP contribution in [-0.2, 0) is 0 Å². The van der Waals surface area contributed by atoms with Gasteiger partial charge in [-0.1, -0.05) is 6.42 Å². The first-order chi connectivity index (χ1) is 9.13. The average molecular weight is 265 g/mol. The van der Waals surface area contributed by atoms with Crippen molar-refractivity contribution in [2.45, 2.75) is 51.7 Å². The Labute approximate surface area is 114 Å². The fourth-order valence-corrected chi connectivity index (χ4v) is 2.42. The fourth-order valence-electron chi connectivity index (χ4n) is 2.42. The lowest BCUT2D eigenvalue weighted by molar-refractivity contribution is 0.104. The molecule has 1 heterocycles. The Morgan fingerprint density at radius 2 is 2.32 bits per heavy atom. The first kappa shape index (κ1) is 14.1. The van der Waals surface area contributed by atoms with E-state index in [4.69, 9.17) is 4.74 Å². The third-order valence-electron chi connectivity index (χ3n) is 3.29. The summed E-state index contributed by atoms with van der Waals surface area (Å²) in [7, 11) is 0. The van der Waals surface area contributed by atoms with Crippen LogP contribution in [0.3, 0.4) is 0 Å². The van der Waals surface area contributed by atoms with Crippen molar-refractivity contribution in [1.29, 1.82) is 0 Å². The van der Waals surface area contributed by atoms with Gasteiger partial charge in [-0.2, -0.15) is 4.98 Å². The largest absolute Gasteiger partial charge is 0.475 e. The first-order valence-corrected chi connectivity index (χ1v) is 7.05. The summed E-state index contributed by atoms with van der Waals surface area (Å²) in [6.07, 6.45) is 5.73. The molecule has 1 aliphatic rings. The maximum Gasteiger partial charge on any atom is 0.225 e. The Hall–Kier alpha value is -1.36. The molecular formula is C14H23N3O2. The molecule has 0 saturated heterocycles. The topological polar surface area (TPSA) is 67.3 Å². The standard InChI is InChI=1S/C14H23N3O2/c1-10(2)19-13-6-7-15-14(17-13)16-9-11-4-3-5-12(18)8-11/h6-7,10-12,18H,3-5,8-9H2,1-2H3,(H,15,16,17). The summed E-state index contributed by atoms with van der Waals surface area (Å²) in [5.41, 5.74) is 0. The van der Waals surface area contributed by atoms with Crippen molar-refractivity contribution in [1.82, 2.24) is 9.97 Å². The molecule has 2 atom stereocenters. The van der Waals surface area contributed by atoms with E-state index in [-0.39, 0.29) is 12.2 Å². The van der Waals surface area contributed by atoms with Crippen molar-refractivity contribution in [3.63, 3.8) is 0 Å². The van der Waals surface area contributed by atoms with Crippen LogP contribution in [0.15, 0.2) is 12.3 Å². The van der Waals surface area contributed by atoms with Crippen molar-refractivity contribution in [3.8, 4) is 5.88 Å². The van der Waals surface area contributed by atoms with Crippen molar-refractivity contribution in [3.05, 3.63) is 12.3 Å². The van der Waals surface area contributed by atoms with Crippen LogP contribution in [0.25, 0.3) is 0 Å². The van der Waals surface area contributed by atoms with Crippen molar-refractivity contribution in [2.24, 2.45) is 5.92 Å². The smallest absolute Gasteiger partial charge is 0.225 e. The predicted molar refractivity (Wildman–Crippen MR) is 74.3 cm³/mol. The zero-order chi connectivity index (χ0) is 13.7. The van der Waals surface area contributed by atoms with Gasteiger partial charge in [-0.15, -0.1) is 0 Å². The van der Waals surface area contributed by atoms with Crippen LogP contribution in [0.5, 0.6) is 5.88 Å². The molecule has 5 nitrogen and oxygen atoms in total. The minimum Gasteiger partial charge on any atom is -0.475 e. The number of aliphatic hydroxyl groups is 1. The molecule has 2 unspecified atom stereocenters. The molecule has 106 valence electrons. The minimum atomic E-state index is -0.142. The zero-order valence-corrected chi connectivity index (χ0v) is 11.7. The van der Waals surface area contributed by atoms with Crippen LogP contribution in [0.2, 0.25) is 0 Å². The Bertz CT molecular complexity index is 398. The molecule has 5 heteroatoms. The molecule has 1 aliphatic carbocycles. The number of hydrogen-bond acceptors (Lipinski definition) is 5. The second-order valence-corrected chi connectivity index (χ2v) is 5.45. The molecule has 1 aromatic heterocycles. The maximum atomic E-state index is 9.64. The van der Waals surface area contributed by atoms with Crippen LogP contribution < -0.4 is 10.1 Å². The number of anilines is 1. The van der Waals surface area contributed by atoms with Gasteiger partial charge in [-0.3, -0.25) is 0 Å². The number of ether oxygens (including phenoxy) is 1. The first-order valence-electron chi connectivity index (χ1n) is 7.05. The second-order valence-electron chi connectivity index (χ2n) is 5.45. The Morgan fingerprint density at radius 3 is 3.05 bits per heavy atom. The lowest BCUT2D eigenvalue weighted by Gasteiger charge is -2.25. The summed E-state index contributed by atoms with van der Waals surface area (Å²) in [6, 6.07) is 1.76. The van der Waals surface area contributed by atoms with Gasteiger partial charge in [0, 0.05) is 18.8 Å². The van der Waals surface area contributed by atoms with E-state index in [1.165, 1.54) is 0 Å². The van der Waals surface area contributed by atoms with Gasteiger partial charge in [0.1, 0.15) is 0 Å². The number of nitrogens with one attached hydrogen (secondary N) is 1. The molecule has 2 rings (SSSR count). The molecule has 0 spiro atoms. The van der Waals surface area contributed by atoms with E-state index in [9.17, 15) is 5.11 Å². The Kier molecular flexibility index (Phi) is 4.96. The molecule has 0 aliphatic heterocycles. The highest BCUT2D eigenvalue weighted by atomic mass is 16.5. The maximum absolute atomic E-state index is 9.64. The van der Waals surface area contributed by atoms with Crippen LogP contribution in [0, 0.1) is 5.92 Å². The molecule has 0 amide bonds. The number of aromatic nitrogens is 2. The summed E-state index contributed by atoms with van der Waals surface area (Å²) in [6.45, 7) is 4.75. The van der Waals surface area contributed by atoms with Crippen molar-refractivity contribution >= 4 is 5.95 Å². The van der Waals surface area contributed by atoms with E-state index in [0.29, 0.717) is 17.7 Å². The van der Waals surface area contributed by atoms with E-state index < -0.39 is 0 Å². The van der Waals surface area contributed by atoms with E-state index >= 15 is 0 Å². The minimum absolute atomic E-state index is 0.108. The third kappa shape index (κ3) is 4.67. The van der Waals surface area contributed by atoms with Gasteiger partial charge in [-0.05, 0) is 39.0 Å². The van der Waals surface area contributed by atoms with Gasteiger partial charge < -0.3 is 15.2 Å². The molecule has 0 aromatic carbocycles. The lowest BCUT2D eigenvalue weighted by Crippen LogP contribution is -2.25. The SMILES string of the molecule is CC(C)Oc1ccnc(NCC2CCCC(O)C2)n1. The highest BCUT2D eigenvalue weighted by molar-refractivity contribution is 5.27. The molecular weight excluding hydrogens is 242 g/mol. The summed E-state index contributed by atoms with van der Waals surface area (Å²) in [5, 5.41) is 12.9. The summed E-state index contributed by atoms with van der Waals surface area (Å²) < 4.78 is 5.53. The van der Waals surface area contributed by atoms with Gasteiger partial charge >= 0.3 is 0 Å². The second kappa shape index (κ2) is 6.70. The quantitative estimate of drug-likeness (QED) is 0.854. The zero-order valence-electron chi connectivity index (χ0n) is 11.7. The summed E-state index contributed by atoms with van der Waals surface area (Å²) in [5.74, 6) is 1.69. The molecule has 0 bridgehead atoms. The third-order valence-corrected chi connectivity index (χ3v) is 3.29. The van der Waals surface area contributed by atoms with E-state index in [1.807, 2.05) is 13.8 Å². The predicted octanol–water partition coefficient (Wildman–Crippen LogP) is 2.23. The van der Waals surface area contributed by atoms with Crippen LogP contribution in [0.4, 0.5) is 5.95 Å². The fraction of sp³-hybridized carbons (Fsp3) is 0.714. The van der Waals surface area contributed by atoms with Crippen molar-refractivity contribution < 1.29 is 9.84 Å². The Morgan fingerprint density at radius 1 is 1.47 bits per heavy atom. The Balaban J connectivity index is 1.85. The van der Waals surface area contributed by atoms with E-state index in [2.05, 4.69) is 15.3 Å². The van der Waals surface area contributed by atoms with Gasteiger partial charge in [-0.25, -0.2) is 4.98 Å². The van der Waals surface area contributed by atoms with Gasteiger partial charge in [0.15, 0.2) is 0 Å². The summed E-state index contributed by atoms with van der Waals surface area (Å²) >= 11 is 0. The molecule has 2 N–H and O–H groups in total. The number of hydrogen-bond donors (Lipinski definition) is 2. The normalized spacial score (nSPS) is 23.4. The molecule has 1 fully saturated rings. The molecule has 0 radical (unpaired) electrons. The number of rotatable bonds is 5. The molecule has 1 aromatic rings. The van der Waals surface area contributed by atoms with Crippen molar-refractivity contribution in [2.75, 3.05) is 11.9 Å². The van der Waals surface area contributed by atoms with Gasteiger partial charge in [0.05, 0.1) is 12.2 Å². The monoisotopic (exact) mass is 265 g/mol. The number of nitrogens with zero attached hydrogens (tertiary/aromatic N) is 2. The van der Waals surface area contributed by atoms with Gasteiger partial charge in [0.2, 0.25) is 11.8 Å². The van der Waals surface area contributed by atoms with Crippen LogP contribution >= 0.6 is 0 Å². The van der Waals surface area contributed by atoms with E-state index in [0.717, 1.165) is 32.2 Å². The average Bonchev–Trinajstić information content (AvgIpc) is 2.36. The van der Waals surface area contributed by atoms with Crippen LogP contribution in [-0.4, -0.2) is 33.8 Å².